The SMILES string of the molecule is CCCCCCCCCCCCCCCCCCOC1CC(COC2CC(CO)CC(OCC3CC(OCCCCCCCCCCCCCCCCCC)C(OCCCCCCCCCCCCCCCCCC)C(OCCCCCCCCCCCCCCCCCC)C3)C2)CC(OCCCCCCCCCCCCCCCCCC)C1OCCCCCCCCCCCCCCCCCC. The first-order chi connectivity index (χ1) is 68.5. The second-order valence-electron chi connectivity index (χ2n) is 46.5. The van der Waals surface area contributed by atoms with E-state index < -0.39 is 0 Å². The van der Waals surface area contributed by atoms with Gasteiger partial charge in [-0.15, -0.1) is 0 Å². The first kappa shape index (κ1) is 132. The summed E-state index contributed by atoms with van der Waals surface area (Å²) in [5, 5.41) is 11.2. The number of unbranched alkanes of at least 4 members (excludes halogenated alkanes) is 90. The van der Waals surface area contributed by atoms with Crippen LogP contribution in [0.4, 0.5) is 0 Å². The molecule has 3 saturated carbocycles. The minimum Gasteiger partial charge on any atom is -0.396 e. The summed E-state index contributed by atoms with van der Waals surface area (Å²) < 4.78 is 57.9. The molecule has 1 N–H and O–H groups in total. The Hall–Kier alpha value is -0.360. The molecule has 6 unspecified atom stereocenters. The molecular weight excluding hydrogens is 1690 g/mol. The molecule has 0 aromatic heterocycles. The van der Waals surface area contributed by atoms with Crippen molar-refractivity contribution in [3.8, 4) is 0 Å². The highest BCUT2D eigenvalue weighted by molar-refractivity contribution is 4.93. The van der Waals surface area contributed by atoms with Gasteiger partial charge in [-0.25, -0.2) is 0 Å². The molecule has 0 radical (unpaired) electrons. The van der Waals surface area contributed by atoms with E-state index in [0.717, 1.165) is 123 Å². The summed E-state index contributed by atoms with van der Waals surface area (Å²) in [7, 11) is 0. The van der Waals surface area contributed by atoms with Gasteiger partial charge in [0.25, 0.3) is 0 Å². The molecular formula is C129H254O9. The maximum Gasteiger partial charge on any atom is 0.110 e. The van der Waals surface area contributed by atoms with E-state index in [-0.39, 0.29) is 61.4 Å². The van der Waals surface area contributed by atoms with Gasteiger partial charge in [0, 0.05) is 59.5 Å². The Labute approximate surface area is 866 Å². The fourth-order valence-electron chi connectivity index (χ4n) is 23.4. The van der Waals surface area contributed by atoms with Crippen molar-refractivity contribution in [2.24, 2.45) is 17.8 Å². The summed E-state index contributed by atoms with van der Waals surface area (Å²) in [6.45, 7) is 20.3. The van der Waals surface area contributed by atoms with E-state index >= 15 is 0 Å². The Balaban J connectivity index is 1.78. The van der Waals surface area contributed by atoms with E-state index in [9.17, 15) is 5.11 Å². The second-order valence-corrected chi connectivity index (χ2v) is 46.5. The summed E-state index contributed by atoms with van der Waals surface area (Å²) in [5.74, 6) is 0.790. The van der Waals surface area contributed by atoms with E-state index in [4.69, 9.17) is 37.9 Å². The van der Waals surface area contributed by atoms with Gasteiger partial charge in [0.2, 0.25) is 0 Å². The average Bonchev–Trinajstić information content (AvgIpc) is 0.823. The molecule has 0 spiro atoms. The predicted molar refractivity (Wildman–Crippen MR) is 605 cm³/mol. The number of rotatable bonds is 115. The van der Waals surface area contributed by atoms with Crippen molar-refractivity contribution in [2.75, 3.05) is 59.5 Å². The Morgan fingerprint density at radius 3 is 0.406 bits per heavy atom. The van der Waals surface area contributed by atoms with E-state index in [0.29, 0.717) is 25.0 Å². The van der Waals surface area contributed by atoms with Crippen LogP contribution in [0.3, 0.4) is 0 Å². The first-order valence-corrected chi connectivity index (χ1v) is 65.0. The molecule has 0 heterocycles. The van der Waals surface area contributed by atoms with Crippen molar-refractivity contribution in [3.05, 3.63) is 0 Å². The van der Waals surface area contributed by atoms with Gasteiger partial charge >= 0.3 is 0 Å². The summed E-state index contributed by atoms with van der Waals surface area (Å²) in [6.07, 6.45) is 139. The molecule has 0 saturated heterocycles. The van der Waals surface area contributed by atoms with Crippen LogP contribution in [-0.4, -0.2) is 113 Å². The molecule has 3 rings (SSSR count). The molecule has 138 heavy (non-hydrogen) atoms. The number of ether oxygens (including phenoxy) is 8. The lowest BCUT2D eigenvalue weighted by Gasteiger charge is -2.43. The van der Waals surface area contributed by atoms with Crippen LogP contribution in [-0.2, 0) is 37.9 Å². The van der Waals surface area contributed by atoms with Crippen molar-refractivity contribution in [2.45, 2.75) is 752 Å². The van der Waals surface area contributed by atoms with Gasteiger partial charge in [0.05, 0.1) is 36.6 Å². The van der Waals surface area contributed by atoms with E-state index in [2.05, 4.69) is 41.5 Å². The summed E-state index contributed by atoms with van der Waals surface area (Å²) in [6, 6.07) is 0. The Kier molecular flexibility index (Phi) is 103. The van der Waals surface area contributed by atoms with Gasteiger partial charge in [0.1, 0.15) is 12.2 Å². The van der Waals surface area contributed by atoms with Crippen molar-refractivity contribution in [3.63, 3.8) is 0 Å². The fourth-order valence-corrected chi connectivity index (χ4v) is 23.4. The number of hydrogen-bond donors (Lipinski definition) is 1. The Morgan fingerprint density at radius 1 is 0.138 bits per heavy atom. The van der Waals surface area contributed by atoms with Crippen LogP contribution in [0.15, 0.2) is 0 Å². The molecule has 3 aliphatic carbocycles. The topological polar surface area (TPSA) is 94.1 Å². The zero-order valence-electron chi connectivity index (χ0n) is 95.3. The van der Waals surface area contributed by atoms with Gasteiger partial charge in [0.15, 0.2) is 0 Å². The van der Waals surface area contributed by atoms with Crippen molar-refractivity contribution < 1.29 is 43.0 Å². The molecule has 9 heteroatoms. The van der Waals surface area contributed by atoms with Crippen LogP contribution >= 0.6 is 0 Å². The third-order valence-electron chi connectivity index (χ3n) is 32.8. The van der Waals surface area contributed by atoms with Crippen LogP contribution in [0.1, 0.15) is 703 Å². The Bertz CT molecular complexity index is 2020. The lowest BCUT2D eigenvalue weighted by molar-refractivity contribution is -0.180. The van der Waals surface area contributed by atoms with Crippen LogP contribution in [0.2, 0.25) is 0 Å². The van der Waals surface area contributed by atoms with Gasteiger partial charge < -0.3 is 43.0 Å². The minimum atomic E-state index is -0.0520. The normalized spacial score (nSPS) is 19.8. The largest absolute Gasteiger partial charge is 0.396 e. The van der Waals surface area contributed by atoms with Crippen molar-refractivity contribution in [1.82, 2.24) is 0 Å². The summed E-state index contributed by atoms with van der Waals surface area (Å²) in [5.41, 5.74) is 0. The third kappa shape index (κ3) is 85.4. The molecule has 6 atom stereocenters. The number of aliphatic hydroxyl groups excluding tert-OH is 1. The lowest BCUT2D eigenvalue weighted by Crippen LogP contribution is -2.50. The first-order valence-electron chi connectivity index (χ1n) is 65.0. The van der Waals surface area contributed by atoms with E-state index in [1.165, 1.54) is 578 Å². The molecule has 0 amide bonds. The highest BCUT2D eigenvalue weighted by atomic mass is 16.6. The smallest absolute Gasteiger partial charge is 0.110 e. The number of aliphatic hydroxyl groups is 1. The Morgan fingerprint density at radius 2 is 0.268 bits per heavy atom. The van der Waals surface area contributed by atoms with Crippen LogP contribution in [0.5, 0.6) is 0 Å². The molecule has 824 valence electrons. The quantitative estimate of drug-likeness (QED) is 0.0598. The number of hydrogen-bond acceptors (Lipinski definition) is 9. The second kappa shape index (κ2) is 108. The lowest BCUT2D eigenvalue weighted by atomic mass is 9.82. The summed E-state index contributed by atoms with van der Waals surface area (Å²) in [4.78, 5) is 0. The van der Waals surface area contributed by atoms with Crippen LogP contribution < -0.4 is 0 Å². The van der Waals surface area contributed by atoms with Gasteiger partial charge in [-0.1, -0.05) is 619 Å². The van der Waals surface area contributed by atoms with Crippen LogP contribution in [0, 0.1) is 17.8 Å². The zero-order valence-corrected chi connectivity index (χ0v) is 95.3. The standard InChI is InChI=1S/C129H254O9/c1-7-13-19-25-31-37-43-49-55-61-67-73-79-85-91-97-103-131-124-111-120(112-125(132-104-98-92-86-80-74-68-62-56-50-44-38-32-26-20-14-8-2)128(124)135-107-101-95-89-83-77-71-65-59-53-47-41-35-29-23-17-11-5)117-137-122-109-119(116-130)110-123(115-122)138-118-121-113-126(133-105-99-93-87-81-75-69-63-57-51-45-39-33-27-21-15-9-3)129(136-108-102-96-90-84-78-72-66-60-54-48-42-36-30-24-18-12-6)127(114-121)134-106-100-94-88-82-76-70-64-58-52-46-40-34-28-22-16-10-4/h119-130H,7-118H2,1-6H3. The third-order valence-corrected chi connectivity index (χ3v) is 32.8. The van der Waals surface area contributed by atoms with Crippen molar-refractivity contribution in [1.29, 1.82) is 0 Å². The minimum absolute atomic E-state index is 0.00379. The summed E-state index contributed by atoms with van der Waals surface area (Å²) >= 11 is 0. The monoisotopic (exact) mass is 1950 g/mol. The highest BCUT2D eigenvalue weighted by Gasteiger charge is 2.43. The van der Waals surface area contributed by atoms with Crippen LogP contribution in [0.25, 0.3) is 0 Å². The predicted octanol–water partition coefficient (Wildman–Crippen LogP) is 42.2. The van der Waals surface area contributed by atoms with Gasteiger partial charge in [-0.05, 0) is 101 Å². The molecule has 3 aliphatic rings. The van der Waals surface area contributed by atoms with Crippen molar-refractivity contribution >= 4 is 0 Å². The maximum atomic E-state index is 11.2. The average molecular weight is 1950 g/mol. The molecule has 0 aromatic carbocycles. The molecule has 0 aromatic rings. The molecule has 9 nitrogen and oxygen atoms in total. The zero-order chi connectivity index (χ0) is 98.2. The van der Waals surface area contributed by atoms with E-state index in [1.807, 2.05) is 0 Å². The molecule has 0 bridgehead atoms. The highest BCUT2D eigenvalue weighted by Crippen LogP contribution is 2.38. The molecule has 0 aliphatic heterocycles. The van der Waals surface area contributed by atoms with Gasteiger partial charge in [-0.3, -0.25) is 0 Å². The maximum absolute atomic E-state index is 11.2. The molecule has 3 fully saturated rings. The van der Waals surface area contributed by atoms with E-state index in [1.54, 1.807) is 0 Å². The van der Waals surface area contributed by atoms with Gasteiger partial charge in [-0.2, -0.15) is 0 Å². The fraction of sp³-hybridized carbons (Fsp3) is 1.00.